The summed E-state index contributed by atoms with van der Waals surface area (Å²) in [4.78, 5) is 52.2. The molecule has 0 aromatic carbocycles. The van der Waals surface area contributed by atoms with Gasteiger partial charge in [0.25, 0.3) is 0 Å². The first-order chi connectivity index (χ1) is 38.5. The van der Waals surface area contributed by atoms with E-state index < -0.39 is 24.4 Å². The molecule has 0 saturated carbocycles. The molecule has 0 aromatic rings. The maximum atomic E-state index is 12.3. The lowest BCUT2D eigenvalue weighted by Gasteiger charge is -2.28. The van der Waals surface area contributed by atoms with Crippen molar-refractivity contribution >= 4 is 24.2 Å². The number of carbonyl (C=O) groups is 4. The number of aliphatic hydroxyl groups excluding tert-OH is 5. The van der Waals surface area contributed by atoms with Crippen molar-refractivity contribution in [3.63, 3.8) is 0 Å². The molecule has 80 heavy (non-hydrogen) atoms. The van der Waals surface area contributed by atoms with Crippen LogP contribution in [0.3, 0.4) is 0 Å². The van der Waals surface area contributed by atoms with E-state index in [1.807, 2.05) is 38.8 Å². The smallest absolute Gasteiger partial charge is 0.306 e. The fourth-order valence-electron chi connectivity index (χ4n) is 9.53. The normalized spacial score (nSPS) is 15.1. The summed E-state index contributed by atoms with van der Waals surface area (Å²) in [5.74, 6) is -0.109. The molecule has 7 N–H and O–H groups in total. The second-order valence-electron chi connectivity index (χ2n) is 22.1. The molecule has 10 unspecified atom stereocenters. The van der Waals surface area contributed by atoms with E-state index in [0.717, 1.165) is 141 Å². The van der Waals surface area contributed by atoms with E-state index >= 15 is 0 Å². The van der Waals surface area contributed by atoms with Gasteiger partial charge in [-0.3, -0.25) is 24.2 Å². The van der Waals surface area contributed by atoms with Crippen LogP contribution >= 0.6 is 0 Å². The summed E-state index contributed by atoms with van der Waals surface area (Å²) in [6, 6.07) is 0.129. The van der Waals surface area contributed by atoms with Crippen molar-refractivity contribution in [2.24, 2.45) is 5.92 Å². The standard InChI is InChI=1S/C31H60N2O7.C31H62N2O4.C2H4O/c1-6-10-15-28(8-3)39-30(37)19-17-26(35)22-33(21-13-12-14-25(24-34)32-5)23-27(36)18-20-31(38)40-29(9-4)16-11-7-2;1-7-12-16-26(9-3)19-20-28(34)24-33(23-15-14-17-27(10-4)32-6)25-29(35)21-22-31(36)37-30(11-5)18-13-8-2;1-2-3/h24-29,32,35-36H,6-23H2,1-5H3;10,26-30,32,34-35H,4,7-9,11-25H2,1-3,5-6H3;2-3H,1H2. The van der Waals surface area contributed by atoms with Crippen LogP contribution < -0.4 is 10.6 Å². The number of ether oxygens (including phenoxy) is 3. The number of esters is 3. The summed E-state index contributed by atoms with van der Waals surface area (Å²) in [5, 5.41) is 56.5. The van der Waals surface area contributed by atoms with Gasteiger partial charge >= 0.3 is 17.9 Å². The van der Waals surface area contributed by atoms with Crippen molar-refractivity contribution < 1.29 is 58.9 Å². The summed E-state index contributed by atoms with van der Waals surface area (Å²) < 4.78 is 16.8. The van der Waals surface area contributed by atoms with Crippen molar-refractivity contribution in [3.05, 3.63) is 25.5 Å². The fraction of sp³-hybridized carbons (Fsp3) is 0.875. The van der Waals surface area contributed by atoms with Crippen LogP contribution in [0.25, 0.3) is 0 Å². The van der Waals surface area contributed by atoms with E-state index in [-0.39, 0.29) is 74.4 Å². The zero-order chi connectivity index (χ0) is 60.8. The number of unbranched alkanes of at least 4 members (excludes halogenated alkanes) is 6. The van der Waals surface area contributed by atoms with Crippen molar-refractivity contribution in [3.8, 4) is 0 Å². The molecule has 0 rings (SSSR count). The molecule has 0 amide bonds. The second kappa shape index (κ2) is 57.8. The van der Waals surface area contributed by atoms with Gasteiger partial charge in [0, 0.05) is 51.5 Å². The molecule has 0 fully saturated rings. The average Bonchev–Trinajstić information content (AvgIpc) is 3.44. The lowest BCUT2D eigenvalue weighted by molar-refractivity contribution is -0.151. The molecule has 0 aliphatic heterocycles. The minimum atomic E-state index is -0.746. The van der Waals surface area contributed by atoms with Crippen LogP contribution in [-0.2, 0) is 33.4 Å². The lowest BCUT2D eigenvalue weighted by Crippen LogP contribution is -2.39. The van der Waals surface area contributed by atoms with Crippen LogP contribution in [0.2, 0.25) is 0 Å². The summed E-state index contributed by atoms with van der Waals surface area (Å²) in [5.41, 5.74) is 0. The van der Waals surface area contributed by atoms with Gasteiger partial charge in [0.2, 0.25) is 0 Å². The molecule has 0 spiro atoms. The van der Waals surface area contributed by atoms with Crippen molar-refractivity contribution in [2.45, 2.75) is 303 Å². The summed E-state index contributed by atoms with van der Waals surface area (Å²) in [6.45, 7) is 26.8. The number of hydrogen-bond donors (Lipinski definition) is 7. The Morgan fingerprint density at radius 1 is 0.450 bits per heavy atom. The molecule has 0 aliphatic carbocycles. The van der Waals surface area contributed by atoms with E-state index in [4.69, 9.17) is 19.3 Å². The minimum Gasteiger partial charge on any atom is -0.516 e. The van der Waals surface area contributed by atoms with Crippen LogP contribution in [-0.4, -0.2) is 168 Å². The summed E-state index contributed by atoms with van der Waals surface area (Å²) in [6.07, 6.45) is 25.9. The number of nitrogens with one attached hydrogen (secondary N) is 2. The molecule has 0 radical (unpaired) electrons. The number of aldehydes is 1. The van der Waals surface area contributed by atoms with Gasteiger partial charge in [-0.05, 0) is 129 Å². The fourth-order valence-corrected chi connectivity index (χ4v) is 9.53. The van der Waals surface area contributed by atoms with Gasteiger partial charge < -0.3 is 55.2 Å². The maximum Gasteiger partial charge on any atom is 0.306 e. The molecule has 16 heteroatoms. The molecule has 474 valence electrons. The Balaban J connectivity index is -0.00000142. The third-order valence-electron chi connectivity index (χ3n) is 14.9. The average molecular weight is 1140 g/mol. The third kappa shape index (κ3) is 49.6. The molecule has 16 nitrogen and oxygen atoms in total. The molecule has 0 aromatic heterocycles. The molecule has 0 bridgehead atoms. The van der Waals surface area contributed by atoms with E-state index in [2.05, 4.69) is 63.3 Å². The maximum absolute atomic E-state index is 12.3. The van der Waals surface area contributed by atoms with E-state index in [0.29, 0.717) is 57.5 Å². The summed E-state index contributed by atoms with van der Waals surface area (Å²) in [7, 11) is 3.71. The number of carbonyl (C=O) groups excluding carboxylic acids is 4. The van der Waals surface area contributed by atoms with Crippen LogP contribution in [0.4, 0.5) is 0 Å². The quantitative estimate of drug-likeness (QED) is 0.00750. The highest BCUT2D eigenvalue weighted by Crippen LogP contribution is 2.21. The Hall–Kier alpha value is -2.96. The number of aliphatic hydroxyl groups is 5. The van der Waals surface area contributed by atoms with Gasteiger partial charge in [0.1, 0.15) is 24.6 Å². The highest BCUT2D eigenvalue weighted by molar-refractivity contribution is 5.70. The van der Waals surface area contributed by atoms with Crippen LogP contribution in [0.1, 0.15) is 248 Å². The largest absolute Gasteiger partial charge is 0.516 e. The second-order valence-corrected chi connectivity index (χ2v) is 22.1. The number of nitrogens with zero attached hydrogens (tertiary/aromatic N) is 2. The van der Waals surface area contributed by atoms with Gasteiger partial charge in [-0.25, -0.2) is 0 Å². The van der Waals surface area contributed by atoms with Crippen molar-refractivity contribution in [1.82, 2.24) is 20.4 Å². The first kappa shape index (κ1) is 81.3. The van der Waals surface area contributed by atoms with Gasteiger partial charge in [0.15, 0.2) is 0 Å². The predicted molar refractivity (Wildman–Crippen MR) is 329 cm³/mol. The molecular weight excluding hydrogens is 1020 g/mol. The molecule has 0 aliphatic rings. The molecule has 0 heterocycles. The summed E-state index contributed by atoms with van der Waals surface area (Å²) >= 11 is 0. The van der Waals surface area contributed by atoms with E-state index in [1.54, 1.807) is 7.05 Å². The Bertz CT molecular complexity index is 1400. The molecule has 10 atom stereocenters. The van der Waals surface area contributed by atoms with Crippen LogP contribution in [0.5, 0.6) is 0 Å². The van der Waals surface area contributed by atoms with Gasteiger partial charge in [-0.15, -0.1) is 6.58 Å². The SMILES string of the molecule is C=CC(CCCCN(CC(O)CCC(=O)OC(CC)CCCC)CC(O)CCC(CC)CCCC)NC.C=CO.CCCCC(CC)OC(=O)CCC(O)CN(CCCCC(C=O)NC)CC(O)CCC(=O)OC(CC)CCCC. The Morgan fingerprint density at radius 3 is 1.06 bits per heavy atom. The molecular formula is C64H126N4O12. The predicted octanol–water partition coefficient (Wildman–Crippen LogP) is 11.5. The Morgan fingerprint density at radius 2 is 0.775 bits per heavy atom. The highest BCUT2D eigenvalue weighted by atomic mass is 16.6. The minimum absolute atomic E-state index is 0.0162. The van der Waals surface area contributed by atoms with E-state index in [9.17, 15) is 39.6 Å². The van der Waals surface area contributed by atoms with Crippen LogP contribution in [0, 0.1) is 5.92 Å². The van der Waals surface area contributed by atoms with Crippen molar-refractivity contribution in [2.75, 3.05) is 53.4 Å². The topological polar surface area (TPSA) is 228 Å². The van der Waals surface area contributed by atoms with Gasteiger partial charge in [-0.2, -0.15) is 0 Å². The first-order valence-electron chi connectivity index (χ1n) is 31.9. The van der Waals surface area contributed by atoms with Crippen molar-refractivity contribution in [1.29, 1.82) is 0 Å². The molecule has 0 saturated heterocycles. The van der Waals surface area contributed by atoms with Crippen LogP contribution in [0.15, 0.2) is 25.5 Å². The third-order valence-corrected chi connectivity index (χ3v) is 14.9. The Kier molecular flexibility index (Phi) is 58.7. The lowest BCUT2D eigenvalue weighted by atomic mass is 9.93. The van der Waals surface area contributed by atoms with E-state index in [1.165, 1.54) is 25.7 Å². The zero-order valence-corrected chi connectivity index (χ0v) is 52.9. The Labute approximate surface area is 489 Å². The first-order valence-corrected chi connectivity index (χ1v) is 31.9. The number of hydrogen-bond acceptors (Lipinski definition) is 16. The number of likely N-dealkylation sites (N-methyl/N-ethyl adjacent to an activating group) is 2. The zero-order valence-electron chi connectivity index (χ0n) is 52.9. The monoisotopic (exact) mass is 1140 g/mol. The number of rotatable bonds is 53. The van der Waals surface area contributed by atoms with Gasteiger partial charge in [-0.1, -0.05) is 145 Å². The van der Waals surface area contributed by atoms with Gasteiger partial charge in [0.05, 0.1) is 36.7 Å². The highest BCUT2D eigenvalue weighted by Gasteiger charge is 2.22.